The van der Waals surface area contributed by atoms with Crippen molar-refractivity contribution in [3.8, 4) is 11.5 Å². The van der Waals surface area contributed by atoms with Gasteiger partial charge in [-0.3, -0.25) is 5.43 Å². The van der Waals surface area contributed by atoms with Crippen molar-refractivity contribution in [3.05, 3.63) is 59.2 Å². The molecule has 0 fully saturated rings. The summed E-state index contributed by atoms with van der Waals surface area (Å²) < 4.78 is 43.2. The van der Waals surface area contributed by atoms with E-state index in [4.69, 9.17) is 9.57 Å². The minimum absolute atomic E-state index is 0.00534. The van der Waals surface area contributed by atoms with Crippen LogP contribution in [0, 0.1) is 0 Å². The predicted molar refractivity (Wildman–Crippen MR) is 98.9 cm³/mol. The molecule has 3 rings (SSSR count). The van der Waals surface area contributed by atoms with Gasteiger partial charge in [0, 0.05) is 11.6 Å². The van der Waals surface area contributed by atoms with Gasteiger partial charge in [-0.25, -0.2) is 5.53 Å². The topological polar surface area (TPSA) is 99.5 Å². The highest BCUT2D eigenvalue weighted by molar-refractivity contribution is 6.00. The Morgan fingerprint density at radius 1 is 1.14 bits per heavy atom. The van der Waals surface area contributed by atoms with Crippen LogP contribution in [-0.2, 0) is 17.6 Å². The molecule has 0 saturated heterocycles. The van der Waals surface area contributed by atoms with Crippen molar-refractivity contribution >= 4 is 11.5 Å². The lowest BCUT2D eigenvalue weighted by atomic mass is 10.1. The van der Waals surface area contributed by atoms with E-state index in [0.717, 1.165) is 12.1 Å². The van der Waals surface area contributed by atoms with Crippen molar-refractivity contribution in [2.75, 3.05) is 6.61 Å². The Kier molecular flexibility index (Phi) is 6.07. The van der Waals surface area contributed by atoms with E-state index in [1.165, 1.54) is 18.2 Å². The van der Waals surface area contributed by atoms with E-state index in [1.54, 1.807) is 19.1 Å². The van der Waals surface area contributed by atoms with Crippen LogP contribution in [0.3, 0.4) is 0 Å². The molecular formula is C18H18F3N5O3. The van der Waals surface area contributed by atoms with Crippen molar-refractivity contribution in [2.45, 2.75) is 19.7 Å². The highest BCUT2D eigenvalue weighted by Gasteiger charge is 2.29. The molecule has 1 heterocycles. The molecule has 0 spiro atoms. The minimum Gasteiger partial charge on any atom is -0.507 e. The summed E-state index contributed by atoms with van der Waals surface area (Å²) in [5.41, 5.74) is 8.45. The molecule has 1 aliphatic rings. The summed E-state index contributed by atoms with van der Waals surface area (Å²) in [7, 11) is 0. The Bertz CT molecular complexity index is 914. The van der Waals surface area contributed by atoms with E-state index in [9.17, 15) is 18.3 Å². The number of nitrogens with zero attached hydrogens (tertiary/aromatic N) is 2. The van der Waals surface area contributed by atoms with Crippen LogP contribution in [0.25, 0.3) is 0 Å². The van der Waals surface area contributed by atoms with Gasteiger partial charge in [0.05, 0.1) is 11.3 Å². The number of hydrogen-bond donors (Lipinski definition) is 4. The number of amidine groups is 1. The molecule has 0 aromatic heterocycles. The van der Waals surface area contributed by atoms with Gasteiger partial charge in [0.1, 0.15) is 24.7 Å². The van der Waals surface area contributed by atoms with Gasteiger partial charge in [-0.15, -0.1) is 10.6 Å². The zero-order valence-corrected chi connectivity index (χ0v) is 15.2. The Morgan fingerprint density at radius 3 is 2.52 bits per heavy atom. The van der Waals surface area contributed by atoms with Crippen LogP contribution in [0.4, 0.5) is 13.2 Å². The third-order valence-electron chi connectivity index (χ3n) is 3.90. The van der Waals surface area contributed by atoms with Gasteiger partial charge in [0.25, 0.3) is 0 Å². The number of phenols is 1. The van der Waals surface area contributed by atoms with E-state index in [0.29, 0.717) is 28.4 Å². The summed E-state index contributed by atoms with van der Waals surface area (Å²) in [5, 5.41) is 18.0. The quantitative estimate of drug-likeness (QED) is 0.415. The highest BCUT2D eigenvalue weighted by atomic mass is 19.4. The third-order valence-corrected chi connectivity index (χ3v) is 3.90. The molecule has 0 unspecified atom stereocenters. The second-order valence-electron chi connectivity index (χ2n) is 6.03. The van der Waals surface area contributed by atoms with Crippen molar-refractivity contribution in [1.29, 1.82) is 0 Å². The van der Waals surface area contributed by atoms with E-state index >= 15 is 0 Å². The number of phenolic OH excluding ortho intramolecular Hbond substituents is 1. The summed E-state index contributed by atoms with van der Waals surface area (Å²) in [5.74, 6) is 0.920. The molecular weight excluding hydrogens is 391 g/mol. The molecule has 29 heavy (non-hydrogen) atoms. The SMILES string of the molecule is CC(=NOCc1ccc(C(F)(F)F)cc1)c1ccc(OCC2=NNNN2)cc1O. The minimum atomic E-state index is -4.38. The van der Waals surface area contributed by atoms with Crippen LogP contribution in [-0.4, -0.2) is 23.3 Å². The Morgan fingerprint density at radius 2 is 1.90 bits per heavy atom. The number of hydrazone groups is 1. The number of rotatable bonds is 7. The number of hydrazine groups is 2. The number of ether oxygens (including phenoxy) is 1. The molecule has 2 aromatic carbocycles. The average Bonchev–Trinajstić information content (AvgIpc) is 3.19. The number of alkyl halides is 3. The van der Waals surface area contributed by atoms with Gasteiger partial charge in [-0.1, -0.05) is 17.3 Å². The summed E-state index contributed by atoms with van der Waals surface area (Å²) in [6, 6.07) is 9.32. The van der Waals surface area contributed by atoms with E-state index < -0.39 is 11.7 Å². The van der Waals surface area contributed by atoms with Gasteiger partial charge in [-0.05, 0) is 36.8 Å². The smallest absolute Gasteiger partial charge is 0.416 e. The lowest BCUT2D eigenvalue weighted by Crippen LogP contribution is -2.37. The lowest BCUT2D eigenvalue weighted by Gasteiger charge is -2.09. The Balaban J connectivity index is 1.56. The molecule has 0 bridgehead atoms. The monoisotopic (exact) mass is 409 g/mol. The lowest BCUT2D eigenvalue weighted by molar-refractivity contribution is -0.137. The van der Waals surface area contributed by atoms with Crippen molar-refractivity contribution < 1.29 is 27.9 Å². The third kappa shape index (κ3) is 5.51. The maximum atomic E-state index is 12.6. The molecule has 1 aliphatic heterocycles. The van der Waals surface area contributed by atoms with Crippen LogP contribution >= 0.6 is 0 Å². The first-order valence-corrected chi connectivity index (χ1v) is 8.44. The first kappa shape index (κ1) is 20.3. The fourth-order valence-corrected chi connectivity index (χ4v) is 2.39. The summed E-state index contributed by atoms with van der Waals surface area (Å²) >= 11 is 0. The Labute approximate surface area is 163 Å². The average molecular weight is 409 g/mol. The summed E-state index contributed by atoms with van der Waals surface area (Å²) in [6.07, 6.45) is -4.38. The molecule has 0 atom stereocenters. The van der Waals surface area contributed by atoms with Gasteiger partial charge >= 0.3 is 6.18 Å². The normalized spacial score (nSPS) is 14.1. The van der Waals surface area contributed by atoms with Crippen molar-refractivity contribution in [1.82, 2.24) is 16.5 Å². The van der Waals surface area contributed by atoms with E-state index in [2.05, 4.69) is 26.8 Å². The van der Waals surface area contributed by atoms with Crippen molar-refractivity contribution in [2.24, 2.45) is 10.3 Å². The molecule has 0 saturated carbocycles. The van der Waals surface area contributed by atoms with E-state index in [-0.39, 0.29) is 19.0 Å². The molecule has 8 nitrogen and oxygen atoms in total. The number of halogens is 3. The largest absolute Gasteiger partial charge is 0.507 e. The van der Waals surface area contributed by atoms with Gasteiger partial charge in [0.2, 0.25) is 0 Å². The number of aromatic hydroxyl groups is 1. The molecule has 2 aromatic rings. The van der Waals surface area contributed by atoms with Crippen LogP contribution in [0.2, 0.25) is 0 Å². The summed E-state index contributed by atoms with van der Waals surface area (Å²) in [6.45, 7) is 1.80. The number of benzene rings is 2. The predicted octanol–water partition coefficient (Wildman–Crippen LogP) is 2.66. The first-order valence-electron chi connectivity index (χ1n) is 8.44. The van der Waals surface area contributed by atoms with Crippen LogP contribution in [0.5, 0.6) is 11.5 Å². The fraction of sp³-hybridized carbons (Fsp3) is 0.222. The van der Waals surface area contributed by atoms with Gasteiger partial charge in [0.15, 0.2) is 5.84 Å². The summed E-state index contributed by atoms with van der Waals surface area (Å²) in [4.78, 5) is 5.19. The maximum Gasteiger partial charge on any atom is 0.416 e. The van der Waals surface area contributed by atoms with E-state index in [1.807, 2.05) is 0 Å². The zero-order chi connectivity index (χ0) is 20.9. The second-order valence-corrected chi connectivity index (χ2v) is 6.03. The first-order chi connectivity index (χ1) is 13.8. The molecule has 4 N–H and O–H groups in total. The maximum absolute atomic E-state index is 12.6. The number of nitrogens with one attached hydrogen (secondary N) is 3. The standard InChI is InChI=1S/C18H18F3N5O3/c1-11(24-29-9-12-2-4-13(5-3-12)18(19,20)21)15-7-6-14(8-16(15)27)28-10-17-22-25-26-23-17/h2-8,25-27H,9-10H2,1H3,(H,22,23). The van der Waals surface area contributed by atoms with Crippen LogP contribution in [0.15, 0.2) is 52.7 Å². The van der Waals surface area contributed by atoms with Crippen LogP contribution in [0.1, 0.15) is 23.6 Å². The number of oxime groups is 1. The molecule has 154 valence electrons. The van der Waals surface area contributed by atoms with Gasteiger partial charge in [-0.2, -0.15) is 13.2 Å². The number of hydrogen-bond acceptors (Lipinski definition) is 8. The Hall–Kier alpha value is -3.47. The second kappa shape index (κ2) is 8.69. The van der Waals surface area contributed by atoms with Crippen LogP contribution < -0.4 is 21.2 Å². The zero-order valence-electron chi connectivity index (χ0n) is 15.2. The molecule has 0 amide bonds. The molecule has 11 heteroatoms. The van der Waals surface area contributed by atoms with Crippen molar-refractivity contribution in [3.63, 3.8) is 0 Å². The van der Waals surface area contributed by atoms with Gasteiger partial charge < -0.3 is 14.7 Å². The molecule has 0 aliphatic carbocycles. The highest BCUT2D eigenvalue weighted by Crippen LogP contribution is 2.29. The fourth-order valence-electron chi connectivity index (χ4n) is 2.39. The molecule has 0 radical (unpaired) electrons.